The zero-order chi connectivity index (χ0) is 21.1. The van der Waals surface area contributed by atoms with Gasteiger partial charge in [0.15, 0.2) is 0 Å². The molecule has 0 bridgehead atoms. The number of hydrogen-bond donors (Lipinski definition) is 2. The van der Waals surface area contributed by atoms with Gasteiger partial charge in [-0.3, -0.25) is 0 Å². The molecule has 2 N–H and O–H groups in total. The lowest BCUT2D eigenvalue weighted by molar-refractivity contribution is -0.0445. The summed E-state index contributed by atoms with van der Waals surface area (Å²) in [6, 6.07) is 8.18. The van der Waals surface area contributed by atoms with Crippen LogP contribution in [0.2, 0.25) is 0 Å². The fraction of sp³-hybridized carbons (Fsp3) is 0.769. The standard InChI is InChI=1S/C26H42O2/c1-17-13-15-25(7,23(17,3)4)21(27)19-9-11-20(12-10-19)22(28)26(8)16-14-18(2)24(26,5)6/h9-12,17-18,21-22,27-28H,13-16H2,1-8H3. The van der Waals surface area contributed by atoms with Gasteiger partial charge in [-0.1, -0.05) is 79.7 Å². The smallest absolute Gasteiger partial charge is 0.0848 e. The SMILES string of the molecule is CC1CCC(C)(C(O)c2ccc(C(O)C3(C)CCC(C)C3(C)C)cc2)C1(C)C. The van der Waals surface area contributed by atoms with Gasteiger partial charge in [-0.25, -0.2) is 0 Å². The van der Waals surface area contributed by atoms with E-state index in [2.05, 4.69) is 55.4 Å². The van der Waals surface area contributed by atoms with Crippen LogP contribution in [0, 0.1) is 33.5 Å². The maximum atomic E-state index is 11.3. The number of aliphatic hydroxyl groups is 2. The van der Waals surface area contributed by atoms with E-state index in [0.29, 0.717) is 11.8 Å². The minimum Gasteiger partial charge on any atom is -0.388 e. The van der Waals surface area contributed by atoms with Crippen molar-refractivity contribution in [2.24, 2.45) is 33.5 Å². The molecule has 2 aliphatic carbocycles. The normalized spacial score (nSPS) is 39.1. The van der Waals surface area contributed by atoms with E-state index in [1.165, 1.54) is 12.8 Å². The predicted molar refractivity (Wildman–Crippen MR) is 117 cm³/mol. The summed E-state index contributed by atoms with van der Waals surface area (Å²) in [5.74, 6) is 1.22. The fourth-order valence-corrected chi connectivity index (χ4v) is 6.10. The summed E-state index contributed by atoms with van der Waals surface area (Å²) in [6.07, 6.45) is 3.49. The van der Waals surface area contributed by atoms with E-state index in [1.54, 1.807) is 0 Å². The molecule has 28 heavy (non-hydrogen) atoms. The second kappa shape index (κ2) is 6.84. The summed E-state index contributed by atoms with van der Waals surface area (Å²) in [4.78, 5) is 0. The molecule has 6 atom stereocenters. The first-order valence-corrected chi connectivity index (χ1v) is 11.2. The van der Waals surface area contributed by atoms with E-state index in [4.69, 9.17) is 0 Å². The van der Waals surface area contributed by atoms with E-state index in [1.807, 2.05) is 24.3 Å². The molecular formula is C26H42O2. The van der Waals surface area contributed by atoms with Crippen LogP contribution in [0.4, 0.5) is 0 Å². The molecule has 2 nitrogen and oxygen atoms in total. The van der Waals surface area contributed by atoms with E-state index in [9.17, 15) is 10.2 Å². The van der Waals surface area contributed by atoms with Gasteiger partial charge >= 0.3 is 0 Å². The Kier molecular flexibility index (Phi) is 5.34. The Morgan fingerprint density at radius 1 is 0.679 bits per heavy atom. The summed E-state index contributed by atoms with van der Waals surface area (Å²) in [6.45, 7) is 18.3. The number of benzene rings is 1. The molecule has 0 aromatic heterocycles. The molecule has 0 spiro atoms. The molecular weight excluding hydrogens is 344 g/mol. The maximum absolute atomic E-state index is 11.3. The monoisotopic (exact) mass is 386 g/mol. The predicted octanol–water partition coefficient (Wildman–Crippen LogP) is 6.68. The summed E-state index contributed by atoms with van der Waals surface area (Å²) in [7, 11) is 0. The van der Waals surface area contributed by atoms with Crippen LogP contribution in [-0.2, 0) is 0 Å². The largest absolute Gasteiger partial charge is 0.388 e. The second-order valence-electron chi connectivity index (χ2n) is 11.6. The van der Waals surface area contributed by atoms with Crippen LogP contribution in [0.1, 0.15) is 104 Å². The Morgan fingerprint density at radius 2 is 0.964 bits per heavy atom. The van der Waals surface area contributed by atoms with Gasteiger partial charge in [-0.2, -0.15) is 0 Å². The molecule has 1 aromatic rings. The zero-order valence-electron chi connectivity index (χ0n) is 19.3. The summed E-state index contributed by atoms with van der Waals surface area (Å²) in [5.41, 5.74) is 1.90. The fourth-order valence-electron chi connectivity index (χ4n) is 6.10. The van der Waals surface area contributed by atoms with Crippen molar-refractivity contribution in [3.63, 3.8) is 0 Å². The van der Waals surface area contributed by atoms with E-state index in [-0.39, 0.29) is 21.7 Å². The van der Waals surface area contributed by atoms with Gasteiger partial charge in [-0.05, 0) is 59.5 Å². The molecule has 2 aliphatic rings. The Bertz CT molecular complexity index is 643. The molecule has 0 saturated heterocycles. The molecule has 2 saturated carbocycles. The second-order valence-corrected chi connectivity index (χ2v) is 11.6. The van der Waals surface area contributed by atoms with Crippen LogP contribution in [-0.4, -0.2) is 10.2 Å². The van der Waals surface area contributed by atoms with Crippen molar-refractivity contribution in [1.82, 2.24) is 0 Å². The third-order valence-corrected chi connectivity index (χ3v) is 10.4. The van der Waals surface area contributed by atoms with Gasteiger partial charge < -0.3 is 10.2 Å². The molecule has 0 radical (unpaired) electrons. The van der Waals surface area contributed by atoms with E-state index in [0.717, 1.165) is 24.0 Å². The van der Waals surface area contributed by atoms with Crippen molar-refractivity contribution >= 4 is 0 Å². The summed E-state index contributed by atoms with van der Waals surface area (Å²) >= 11 is 0. The van der Waals surface area contributed by atoms with Gasteiger partial charge in [0.1, 0.15) is 0 Å². The Labute approximate surface area is 172 Å². The third-order valence-electron chi connectivity index (χ3n) is 10.4. The molecule has 158 valence electrons. The quantitative estimate of drug-likeness (QED) is 0.606. The Morgan fingerprint density at radius 3 is 1.18 bits per heavy atom. The summed E-state index contributed by atoms with van der Waals surface area (Å²) in [5, 5.41) is 22.6. The van der Waals surface area contributed by atoms with Gasteiger partial charge in [0.05, 0.1) is 12.2 Å². The minimum absolute atomic E-state index is 0.0993. The maximum Gasteiger partial charge on any atom is 0.0848 e. The lowest BCUT2D eigenvalue weighted by Crippen LogP contribution is -2.39. The lowest BCUT2D eigenvalue weighted by atomic mass is 9.61. The molecule has 1 aromatic carbocycles. The molecule has 0 heterocycles. The molecule has 0 aliphatic heterocycles. The first-order chi connectivity index (χ1) is 12.8. The number of aliphatic hydroxyl groups excluding tert-OH is 2. The van der Waals surface area contributed by atoms with Crippen molar-refractivity contribution in [1.29, 1.82) is 0 Å². The zero-order valence-corrected chi connectivity index (χ0v) is 19.3. The Hall–Kier alpha value is -0.860. The highest BCUT2D eigenvalue weighted by atomic mass is 16.3. The lowest BCUT2D eigenvalue weighted by Gasteiger charge is -2.45. The average Bonchev–Trinajstić information content (AvgIpc) is 3.00. The average molecular weight is 387 g/mol. The highest BCUT2D eigenvalue weighted by Gasteiger charge is 2.55. The summed E-state index contributed by atoms with van der Waals surface area (Å²) < 4.78 is 0. The van der Waals surface area contributed by atoms with Crippen molar-refractivity contribution in [3.8, 4) is 0 Å². The van der Waals surface area contributed by atoms with Crippen LogP contribution in [0.3, 0.4) is 0 Å². The van der Waals surface area contributed by atoms with Crippen molar-refractivity contribution in [3.05, 3.63) is 35.4 Å². The van der Waals surface area contributed by atoms with Crippen LogP contribution >= 0.6 is 0 Å². The number of rotatable bonds is 4. The van der Waals surface area contributed by atoms with Crippen LogP contribution in [0.5, 0.6) is 0 Å². The third kappa shape index (κ3) is 2.89. The number of hydrogen-bond acceptors (Lipinski definition) is 2. The van der Waals surface area contributed by atoms with Crippen LogP contribution < -0.4 is 0 Å². The van der Waals surface area contributed by atoms with Crippen molar-refractivity contribution in [2.75, 3.05) is 0 Å². The highest BCUT2D eigenvalue weighted by molar-refractivity contribution is 5.29. The highest BCUT2D eigenvalue weighted by Crippen LogP contribution is 2.62. The molecule has 2 fully saturated rings. The molecule has 3 rings (SSSR count). The van der Waals surface area contributed by atoms with Gasteiger partial charge in [0.2, 0.25) is 0 Å². The topological polar surface area (TPSA) is 40.5 Å². The first-order valence-electron chi connectivity index (χ1n) is 11.2. The van der Waals surface area contributed by atoms with Crippen molar-refractivity contribution in [2.45, 2.75) is 93.3 Å². The van der Waals surface area contributed by atoms with Gasteiger partial charge in [0.25, 0.3) is 0 Å². The molecule has 2 heteroatoms. The Balaban J connectivity index is 1.84. The van der Waals surface area contributed by atoms with E-state index < -0.39 is 12.2 Å². The van der Waals surface area contributed by atoms with Crippen LogP contribution in [0.25, 0.3) is 0 Å². The van der Waals surface area contributed by atoms with E-state index >= 15 is 0 Å². The van der Waals surface area contributed by atoms with Gasteiger partial charge in [0, 0.05) is 10.8 Å². The molecule has 6 unspecified atom stereocenters. The van der Waals surface area contributed by atoms with Crippen molar-refractivity contribution < 1.29 is 10.2 Å². The van der Waals surface area contributed by atoms with Crippen LogP contribution in [0.15, 0.2) is 24.3 Å². The van der Waals surface area contributed by atoms with Gasteiger partial charge in [-0.15, -0.1) is 0 Å². The minimum atomic E-state index is -0.475. The molecule has 0 amide bonds. The first kappa shape index (κ1) is 21.8.